The van der Waals surface area contributed by atoms with Crippen molar-refractivity contribution in [1.29, 1.82) is 0 Å². The molecule has 0 aromatic rings. The highest BCUT2D eigenvalue weighted by molar-refractivity contribution is 4.73. The second-order valence-corrected chi connectivity index (χ2v) is 5.21. The number of nitrogens with zero attached hydrogens (tertiary/aromatic N) is 1. The predicted molar refractivity (Wildman–Crippen MR) is 66.9 cm³/mol. The van der Waals surface area contributed by atoms with Gasteiger partial charge in [0.25, 0.3) is 0 Å². The van der Waals surface area contributed by atoms with Crippen LogP contribution >= 0.6 is 0 Å². The summed E-state index contributed by atoms with van der Waals surface area (Å²) >= 11 is 0. The van der Waals surface area contributed by atoms with Crippen LogP contribution < -0.4 is 5.73 Å². The second kappa shape index (κ2) is 7.24. The molecule has 2 N–H and O–H groups in total. The van der Waals surface area contributed by atoms with Crippen molar-refractivity contribution in [2.75, 3.05) is 26.2 Å². The van der Waals surface area contributed by atoms with E-state index >= 15 is 0 Å². The first-order valence-corrected chi connectivity index (χ1v) is 6.68. The maximum atomic E-state index is 5.54. The molecule has 0 aromatic carbocycles. The van der Waals surface area contributed by atoms with Crippen molar-refractivity contribution >= 4 is 0 Å². The third kappa shape index (κ3) is 4.98. The van der Waals surface area contributed by atoms with E-state index in [9.17, 15) is 0 Å². The van der Waals surface area contributed by atoms with E-state index in [2.05, 4.69) is 18.7 Å². The van der Waals surface area contributed by atoms with Crippen LogP contribution in [0.25, 0.3) is 0 Å². The van der Waals surface area contributed by atoms with Crippen molar-refractivity contribution in [2.45, 2.75) is 46.0 Å². The molecule has 2 nitrogen and oxygen atoms in total. The largest absolute Gasteiger partial charge is 0.330 e. The zero-order chi connectivity index (χ0) is 11.1. The Labute approximate surface area is 95.2 Å². The van der Waals surface area contributed by atoms with Crippen LogP contribution in [0.3, 0.4) is 0 Å². The Bertz CT molecular complexity index is 159. The maximum absolute atomic E-state index is 5.54. The summed E-state index contributed by atoms with van der Waals surface area (Å²) in [5.74, 6) is 1.78. The predicted octanol–water partition coefficient (Wildman–Crippen LogP) is 2.48. The molecule has 0 spiro atoms. The Morgan fingerprint density at radius 3 is 2.93 bits per heavy atom. The molecule has 0 radical (unpaired) electrons. The van der Waals surface area contributed by atoms with Crippen molar-refractivity contribution in [3.05, 3.63) is 0 Å². The summed E-state index contributed by atoms with van der Waals surface area (Å²) in [7, 11) is 0. The van der Waals surface area contributed by atoms with Crippen molar-refractivity contribution in [1.82, 2.24) is 4.90 Å². The van der Waals surface area contributed by atoms with Gasteiger partial charge in [0.15, 0.2) is 0 Å². The summed E-state index contributed by atoms with van der Waals surface area (Å²) < 4.78 is 0. The van der Waals surface area contributed by atoms with Crippen LogP contribution in [0.2, 0.25) is 0 Å². The van der Waals surface area contributed by atoms with Crippen LogP contribution in [0.4, 0.5) is 0 Å². The second-order valence-electron chi connectivity index (χ2n) is 5.21. The first kappa shape index (κ1) is 13.0. The molecular weight excluding hydrogens is 184 g/mol. The molecule has 0 saturated carbocycles. The minimum absolute atomic E-state index is 0.823. The third-order valence-corrected chi connectivity index (χ3v) is 3.65. The van der Waals surface area contributed by atoms with Crippen LogP contribution in [-0.4, -0.2) is 31.1 Å². The van der Waals surface area contributed by atoms with Gasteiger partial charge in [-0.2, -0.15) is 0 Å². The van der Waals surface area contributed by atoms with Crippen LogP contribution in [0, 0.1) is 11.8 Å². The molecule has 1 heterocycles. The lowest BCUT2D eigenvalue weighted by Gasteiger charge is -2.34. The molecule has 1 saturated heterocycles. The number of rotatable bonds is 6. The van der Waals surface area contributed by atoms with Crippen molar-refractivity contribution in [3.8, 4) is 0 Å². The van der Waals surface area contributed by atoms with E-state index in [-0.39, 0.29) is 0 Å². The van der Waals surface area contributed by atoms with Gasteiger partial charge in [0.2, 0.25) is 0 Å². The van der Waals surface area contributed by atoms with Gasteiger partial charge in [-0.25, -0.2) is 0 Å². The van der Waals surface area contributed by atoms with E-state index in [0.29, 0.717) is 0 Å². The molecule has 2 unspecified atom stereocenters. The molecule has 1 rings (SSSR count). The summed E-state index contributed by atoms with van der Waals surface area (Å²) in [6.07, 6.45) is 6.69. The fraction of sp³-hybridized carbons (Fsp3) is 1.00. The van der Waals surface area contributed by atoms with Gasteiger partial charge in [-0.15, -0.1) is 0 Å². The third-order valence-electron chi connectivity index (χ3n) is 3.65. The van der Waals surface area contributed by atoms with Gasteiger partial charge in [0.05, 0.1) is 0 Å². The number of hydrogen-bond acceptors (Lipinski definition) is 2. The molecule has 0 aromatic heterocycles. The molecule has 0 bridgehead atoms. The molecule has 0 amide bonds. The SMILES string of the molecule is CCC1CCCN(CC(C)CCCN)C1. The lowest BCUT2D eigenvalue weighted by atomic mass is 9.94. The lowest BCUT2D eigenvalue weighted by molar-refractivity contribution is 0.150. The zero-order valence-electron chi connectivity index (χ0n) is 10.5. The Hall–Kier alpha value is -0.0800. The molecule has 90 valence electrons. The monoisotopic (exact) mass is 212 g/mol. The molecule has 1 aliphatic rings. The molecular formula is C13H28N2. The van der Waals surface area contributed by atoms with Crippen molar-refractivity contribution in [3.63, 3.8) is 0 Å². The Balaban J connectivity index is 2.19. The molecule has 1 aliphatic heterocycles. The van der Waals surface area contributed by atoms with Crippen LogP contribution in [-0.2, 0) is 0 Å². The summed E-state index contributed by atoms with van der Waals surface area (Å²) in [6.45, 7) is 9.49. The Morgan fingerprint density at radius 1 is 1.47 bits per heavy atom. The van der Waals surface area contributed by atoms with Gasteiger partial charge in [-0.1, -0.05) is 20.3 Å². The van der Waals surface area contributed by atoms with Crippen molar-refractivity contribution in [2.24, 2.45) is 17.6 Å². The number of nitrogens with two attached hydrogens (primary N) is 1. The van der Waals surface area contributed by atoms with E-state index in [1.807, 2.05) is 0 Å². The van der Waals surface area contributed by atoms with Gasteiger partial charge < -0.3 is 10.6 Å². The standard InChI is InChI=1S/C13H28N2/c1-3-13-7-5-9-15(11-13)10-12(2)6-4-8-14/h12-13H,3-11,14H2,1-2H3. The number of hydrogen-bond donors (Lipinski definition) is 1. The van der Waals surface area contributed by atoms with E-state index in [1.54, 1.807) is 0 Å². The molecule has 15 heavy (non-hydrogen) atoms. The van der Waals surface area contributed by atoms with Gasteiger partial charge >= 0.3 is 0 Å². The van der Waals surface area contributed by atoms with E-state index in [1.165, 1.54) is 51.7 Å². The fourth-order valence-corrected chi connectivity index (χ4v) is 2.65. The minimum Gasteiger partial charge on any atom is -0.330 e. The maximum Gasteiger partial charge on any atom is 0.000968 e. The average molecular weight is 212 g/mol. The topological polar surface area (TPSA) is 29.3 Å². The molecule has 0 aliphatic carbocycles. The smallest absolute Gasteiger partial charge is 0.000968 e. The quantitative estimate of drug-likeness (QED) is 0.733. The Morgan fingerprint density at radius 2 is 2.27 bits per heavy atom. The lowest BCUT2D eigenvalue weighted by Crippen LogP contribution is -2.38. The molecule has 1 fully saturated rings. The highest BCUT2D eigenvalue weighted by atomic mass is 15.1. The molecule has 2 heteroatoms. The first-order valence-electron chi connectivity index (χ1n) is 6.68. The Kier molecular flexibility index (Phi) is 6.26. The summed E-state index contributed by atoms with van der Waals surface area (Å²) in [6, 6.07) is 0. The number of likely N-dealkylation sites (tertiary alicyclic amines) is 1. The minimum atomic E-state index is 0.823. The van der Waals surface area contributed by atoms with Gasteiger partial charge in [-0.3, -0.25) is 0 Å². The van der Waals surface area contributed by atoms with Crippen LogP contribution in [0.15, 0.2) is 0 Å². The van der Waals surface area contributed by atoms with Crippen molar-refractivity contribution < 1.29 is 0 Å². The highest BCUT2D eigenvalue weighted by Gasteiger charge is 2.19. The van der Waals surface area contributed by atoms with E-state index < -0.39 is 0 Å². The average Bonchev–Trinajstić information content (AvgIpc) is 2.26. The highest BCUT2D eigenvalue weighted by Crippen LogP contribution is 2.20. The van der Waals surface area contributed by atoms with Crippen LogP contribution in [0.5, 0.6) is 0 Å². The van der Waals surface area contributed by atoms with E-state index in [4.69, 9.17) is 5.73 Å². The van der Waals surface area contributed by atoms with E-state index in [0.717, 1.165) is 18.4 Å². The fourth-order valence-electron chi connectivity index (χ4n) is 2.65. The molecule has 2 atom stereocenters. The number of piperidine rings is 1. The summed E-state index contributed by atoms with van der Waals surface area (Å²) in [4.78, 5) is 2.67. The van der Waals surface area contributed by atoms with Gasteiger partial charge in [0, 0.05) is 13.1 Å². The van der Waals surface area contributed by atoms with Gasteiger partial charge in [-0.05, 0) is 50.6 Å². The summed E-state index contributed by atoms with van der Waals surface area (Å²) in [5.41, 5.74) is 5.54. The van der Waals surface area contributed by atoms with Crippen LogP contribution in [0.1, 0.15) is 46.0 Å². The normalized spacial score (nSPS) is 25.4. The van der Waals surface area contributed by atoms with Gasteiger partial charge in [0.1, 0.15) is 0 Å². The zero-order valence-corrected chi connectivity index (χ0v) is 10.5. The first-order chi connectivity index (χ1) is 7.26. The summed E-state index contributed by atoms with van der Waals surface area (Å²) in [5, 5.41) is 0.